The smallest absolute Gasteiger partial charge is 0.255 e. The van der Waals surface area contributed by atoms with Gasteiger partial charge in [-0.15, -0.1) is 0 Å². The summed E-state index contributed by atoms with van der Waals surface area (Å²) in [5, 5.41) is 2.80. The van der Waals surface area contributed by atoms with Crippen LogP contribution in [-0.4, -0.2) is 20.1 Å². The largest absolute Gasteiger partial charge is 0.497 e. The predicted octanol–water partition coefficient (Wildman–Crippen LogP) is 2.76. The Kier molecular flexibility index (Phi) is 4.03. The molecule has 97 valence electrons. The summed E-state index contributed by atoms with van der Waals surface area (Å²) in [7, 11) is 3.12. The average molecular weight is 256 g/mol. The van der Waals surface area contributed by atoms with Gasteiger partial charge >= 0.3 is 0 Å². The van der Waals surface area contributed by atoms with Crippen LogP contribution in [0.4, 0.5) is 5.69 Å². The highest BCUT2D eigenvalue weighted by Gasteiger charge is 2.10. The van der Waals surface area contributed by atoms with Gasteiger partial charge < -0.3 is 14.8 Å². The summed E-state index contributed by atoms with van der Waals surface area (Å²) >= 11 is 0. The van der Waals surface area contributed by atoms with Crippen LogP contribution in [0.3, 0.4) is 0 Å². The van der Waals surface area contributed by atoms with E-state index in [1.165, 1.54) is 0 Å². The first-order chi connectivity index (χ1) is 9.24. The number of hydrogen-bond acceptors (Lipinski definition) is 3. The molecule has 2 rings (SSSR count). The van der Waals surface area contributed by atoms with Crippen molar-refractivity contribution in [3.8, 4) is 11.5 Å². The Morgan fingerprint density at radius 2 is 1.84 bits per heavy atom. The van der Waals surface area contributed by atoms with Crippen LogP contribution in [0.5, 0.6) is 11.5 Å². The van der Waals surface area contributed by atoms with Crippen LogP contribution < -0.4 is 14.8 Å². The Morgan fingerprint density at radius 3 is 2.47 bits per heavy atom. The molecule has 0 aliphatic heterocycles. The van der Waals surface area contributed by atoms with Crippen molar-refractivity contribution in [3.05, 3.63) is 54.1 Å². The predicted molar refractivity (Wildman–Crippen MR) is 72.8 cm³/mol. The molecule has 0 saturated carbocycles. The van der Waals surface area contributed by atoms with Crippen LogP contribution in [0.25, 0.3) is 0 Å². The molecular formula is C15H14NO3. The van der Waals surface area contributed by atoms with Crippen LogP contribution in [-0.2, 0) is 0 Å². The molecule has 0 spiro atoms. The lowest BCUT2D eigenvalue weighted by Gasteiger charge is -2.11. The molecule has 0 atom stereocenters. The highest BCUT2D eigenvalue weighted by molar-refractivity contribution is 6.05. The van der Waals surface area contributed by atoms with Gasteiger partial charge in [0.25, 0.3) is 5.91 Å². The van der Waals surface area contributed by atoms with E-state index in [0.29, 0.717) is 22.7 Å². The Bertz CT molecular complexity index is 567. The molecule has 0 bridgehead atoms. The minimum atomic E-state index is -0.197. The number of carbonyl (C=O) groups is 1. The summed E-state index contributed by atoms with van der Waals surface area (Å²) in [5.41, 5.74) is 1.16. The SMILES string of the molecule is COc1ccc(NC(=O)c2cc[c]cc2)c(OC)c1. The third-order valence-electron chi connectivity index (χ3n) is 2.64. The van der Waals surface area contributed by atoms with Crippen LogP contribution in [0.15, 0.2) is 42.5 Å². The molecule has 2 aromatic rings. The summed E-state index contributed by atoms with van der Waals surface area (Å²) in [5.74, 6) is 1.02. The van der Waals surface area contributed by atoms with E-state index in [-0.39, 0.29) is 5.91 Å². The van der Waals surface area contributed by atoms with E-state index in [4.69, 9.17) is 9.47 Å². The molecule has 1 radical (unpaired) electrons. The topological polar surface area (TPSA) is 47.6 Å². The van der Waals surface area contributed by atoms with Gasteiger partial charge in [-0.1, -0.05) is 12.1 Å². The Morgan fingerprint density at radius 1 is 1.11 bits per heavy atom. The molecule has 4 nitrogen and oxygen atoms in total. The second-order valence-corrected chi connectivity index (χ2v) is 3.81. The van der Waals surface area contributed by atoms with E-state index in [2.05, 4.69) is 11.4 Å². The second-order valence-electron chi connectivity index (χ2n) is 3.81. The van der Waals surface area contributed by atoms with E-state index < -0.39 is 0 Å². The van der Waals surface area contributed by atoms with Crippen molar-refractivity contribution >= 4 is 11.6 Å². The second kappa shape index (κ2) is 5.91. The quantitative estimate of drug-likeness (QED) is 0.915. The van der Waals surface area contributed by atoms with Gasteiger partial charge in [-0.25, -0.2) is 0 Å². The number of methoxy groups -OCH3 is 2. The summed E-state index contributed by atoms with van der Waals surface area (Å²) in [6.07, 6.45) is 0. The fraction of sp³-hybridized carbons (Fsp3) is 0.133. The lowest BCUT2D eigenvalue weighted by atomic mass is 10.2. The molecule has 0 aliphatic rings. The first kappa shape index (κ1) is 13.0. The number of amides is 1. The zero-order valence-corrected chi connectivity index (χ0v) is 10.8. The standard InChI is InChI=1S/C15H14NO3/c1-18-12-8-9-13(14(10-12)19-2)16-15(17)11-6-4-3-5-7-11/h4-10H,1-2H3,(H,16,17). The first-order valence-electron chi connectivity index (χ1n) is 5.74. The molecular weight excluding hydrogens is 242 g/mol. The van der Waals surface area contributed by atoms with E-state index >= 15 is 0 Å². The number of nitrogens with one attached hydrogen (secondary N) is 1. The summed E-state index contributed by atoms with van der Waals surface area (Å²) < 4.78 is 10.3. The Hall–Kier alpha value is -2.49. The number of carbonyl (C=O) groups excluding carboxylic acids is 1. The average Bonchev–Trinajstić information content (AvgIpc) is 2.48. The van der Waals surface area contributed by atoms with Gasteiger partial charge in [0.1, 0.15) is 11.5 Å². The number of ether oxygens (including phenoxy) is 2. The molecule has 2 aromatic carbocycles. The van der Waals surface area contributed by atoms with Crippen LogP contribution in [0, 0.1) is 6.07 Å². The molecule has 4 heteroatoms. The van der Waals surface area contributed by atoms with Crippen LogP contribution >= 0.6 is 0 Å². The molecule has 1 N–H and O–H groups in total. The number of hydrogen-bond donors (Lipinski definition) is 1. The van der Waals surface area contributed by atoms with Crippen molar-refractivity contribution in [1.82, 2.24) is 0 Å². The summed E-state index contributed by atoms with van der Waals surface area (Å²) in [4.78, 5) is 12.0. The number of anilines is 1. The summed E-state index contributed by atoms with van der Waals surface area (Å²) in [6.45, 7) is 0. The number of benzene rings is 2. The van der Waals surface area contributed by atoms with Gasteiger partial charge in [-0.3, -0.25) is 4.79 Å². The highest BCUT2D eigenvalue weighted by Crippen LogP contribution is 2.29. The van der Waals surface area contributed by atoms with Crippen LogP contribution in [0.2, 0.25) is 0 Å². The normalized spacial score (nSPS) is 9.79. The zero-order valence-electron chi connectivity index (χ0n) is 10.8. The molecule has 0 saturated heterocycles. The third kappa shape index (κ3) is 3.04. The lowest BCUT2D eigenvalue weighted by molar-refractivity contribution is 0.102. The Balaban J connectivity index is 2.21. The van der Waals surface area contributed by atoms with Crippen molar-refractivity contribution in [2.45, 2.75) is 0 Å². The molecule has 0 aromatic heterocycles. The maximum absolute atomic E-state index is 12.0. The van der Waals surface area contributed by atoms with Crippen molar-refractivity contribution < 1.29 is 14.3 Å². The zero-order chi connectivity index (χ0) is 13.7. The van der Waals surface area contributed by atoms with Gasteiger partial charge in [-0.05, 0) is 30.3 Å². The monoisotopic (exact) mass is 256 g/mol. The van der Waals surface area contributed by atoms with Crippen molar-refractivity contribution in [3.63, 3.8) is 0 Å². The fourth-order valence-corrected chi connectivity index (χ4v) is 1.63. The van der Waals surface area contributed by atoms with Gasteiger partial charge in [-0.2, -0.15) is 0 Å². The lowest BCUT2D eigenvalue weighted by Crippen LogP contribution is -2.12. The minimum Gasteiger partial charge on any atom is -0.497 e. The first-order valence-corrected chi connectivity index (χ1v) is 5.74. The van der Waals surface area contributed by atoms with E-state index in [9.17, 15) is 4.79 Å². The minimum absolute atomic E-state index is 0.197. The molecule has 0 aliphatic carbocycles. The van der Waals surface area contributed by atoms with Gasteiger partial charge in [0, 0.05) is 11.6 Å². The maximum Gasteiger partial charge on any atom is 0.255 e. The van der Waals surface area contributed by atoms with Gasteiger partial charge in [0.05, 0.1) is 19.9 Å². The van der Waals surface area contributed by atoms with Gasteiger partial charge in [0.15, 0.2) is 0 Å². The number of rotatable bonds is 4. The third-order valence-corrected chi connectivity index (χ3v) is 2.64. The van der Waals surface area contributed by atoms with E-state index in [1.54, 1.807) is 56.7 Å². The fourth-order valence-electron chi connectivity index (χ4n) is 1.63. The van der Waals surface area contributed by atoms with Crippen molar-refractivity contribution in [1.29, 1.82) is 0 Å². The van der Waals surface area contributed by atoms with Crippen molar-refractivity contribution in [2.24, 2.45) is 0 Å². The summed E-state index contributed by atoms with van der Waals surface area (Å²) in [6, 6.07) is 14.9. The van der Waals surface area contributed by atoms with E-state index in [0.717, 1.165) is 0 Å². The highest BCUT2D eigenvalue weighted by atomic mass is 16.5. The molecule has 1 amide bonds. The Labute approximate surface area is 112 Å². The molecule has 0 unspecified atom stereocenters. The molecule has 0 heterocycles. The van der Waals surface area contributed by atoms with Gasteiger partial charge in [0.2, 0.25) is 0 Å². The molecule has 19 heavy (non-hydrogen) atoms. The van der Waals surface area contributed by atoms with Crippen LogP contribution in [0.1, 0.15) is 10.4 Å². The maximum atomic E-state index is 12.0. The van der Waals surface area contributed by atoms with E-state index in [1.807, 2.05) is 0 Å². The molecule has 0 fully saturated rings. The van der Waals surface area contributed by atoms with Crippen molar-refractivity contribution in [2.75, 3.05) is 19.5 Å².